The number of rotatable bonds is 8. The van der Waals surface area contributed by atoms with Crippen molar-refractivity contribution in [2.24, 2.45) is 0 Å². The van der Waals surface area contributed by atoms with E-state index in [4.69, 9.17) is 16.3 Å². The summed E-state index contributed by atoms with van der Waals surface area (Å²) in [5.41, 5.74) is -0.764. The molecule has 0 bridgehead atoms. The number of nitrogens with zero attached hydrogens (tertiary/aromatic N) is 1. The Kier molecular flexibility index (Phi) is 7.82. The molecule has 1 amide bonds. The summed E-state index contributed by atoms with van der Waals surface area (Å²) < 4.78 is 69.8. The van der Waals surface area contributed by atoms with Crippen LogP contribution < -0.4 is 14.4 Å². The van der Waals surface area contributed by atoms with Gasteiger partial charge in [0, 0.05) is 0 Å². The Morgan fingerprint density at radius 1 is 1.19 bits per heavy atom. The molecule has 0 fully saturated rings. The van der Waals surface area contributed by atoms with Crippen LogP contribution in [0.25, 0.3) is 0 Å². The Morgan fingerprint density at radius 2 is 1.81 bits per heavy atom. The standard InChI is InChI=1S/C20H22ClF3N2O4S/c1-4-30-16-8-5-14(6-9-16)13(2)25-19(27)12-26(31(3,28)29)15-7-10-18(21)17(11-15)20(22,23)24/h5-11,13H,4,12H2,1-3H3,(H,25,27). The first kappa shape index (κ1) is 24.8. The number of alkyl halides is 3. The number of sulfonamides is 1. The molecule has 0 saturated carbocycles. The highest BCUT2D eigenvalue weighted by Crippen LogP contribution is 2.37. The quantitative estimate of drug-likeness (QED) is 0.610. The second-order valence-corrected chi connectivity index (χ2v) is 9.04. The van der Waals surface area contributed by atoms with Gasteiger partial charge in [-0.15, -0.1) is 0 Å². The molecule has 0 aliphatic rings. The van der Waals surface area contributed by atoms with Crippen molar-refractivity contribution in [2.45, 2.75) is 26.1 Å². The third-order valence-electron chi connectivity index (χ3n) is 4.30. The van der Waals surface area contributed by atoms with Gasteiger partial charge in [-0.25, -0.2) is 8.42 Å². The van der Waals surface area contributed by atoms with Gasteiger partial charge in [0.15, 0.2) is 0 Å². The Bertz CT molecular complexity index is 1030. The van der Waals surface area contributed by atoms with Crippen molar-refractivity contribution in [3.05, 3.63) is 58.6 Å². The third-order valence-corrected chi connectivity index (χ3v) is 5.77. The molecule has 1 unspecified atom stereocenters. The van der Waals surface area contributed by atoms with Gasteiger partial charge in [0.25, 0.3) is 0 Å². The predicted molar refractivity (Wildman–Crippen MR) is 113 cm³/mol. The lowest BCUT2D eigenvalue weighted by atomic mass is 10.1. The molecule has 0 heterocycles. The molecule has 2 aromatic carbocycles. The Labute approximate surface area is 184 Å². The third kappa shape index (κ3) is 6.76. The normalized spacial score (nSPS) is 12.9. The summed E-state index contributed by atoms with van der Waals surface area (Å²) in [4.78, 5) is 12.5. The predicted octanol–water partition coefficient (Wildman–Crippen LogP) is 4.40. The zero-order valence-electron chi connectivity index (χ0n) is 17.0. The number of halogens is 4. The fourth-order valence-electron chi connectivity index (χ4n) is 2.81. The molecule has 31 heavy (non-hydrogen) atoms. The fourth-order valence-corrected chi connectivity index (χ4v) is 3.88. The molecule has 11 heteroatoms. The first-order valence-electron chi connectivity index (χ1n) is 9.19. The van der Waals surface area contributed by atoms with E-state index in [0.29, 0.717) is 22.7 Å². The number of carbonyl (C=O) groups excluding carboxylic acids is 1. The van der Waals surface area contributed by atoms with Crippen molar-refractivity contribution < 1.29 is 31.1 Å². The van der Waals surface area contributed by atoms with Gasteiger partial charge in [0.2, 0.25) is 15.9 Å². The van der Waals surface area contributed by atoms with Crippen LogP contribution in [0.1, 0.15) is 31.0 Å². The molecule has 0 aromatic heterocycles. The van der Waals surface area contributed by atoms with Crippen LogP contribution in [0.5, 0.6) is 5.75 Å². The van der Waals surface area contributed by atoms with Gasteiger partial charge in [0.05, 0.1) is 35.2 Å². The highest BCUT2D eigenvalue weighted by atomic mass is 35.5. The van der Waals surface area contributed by atoms with Gasteiger partial charge in [-0.2, -0.15) is 13.2 Å². The molecule has 1 N–H and O–H groups in total. The lowest BCUT2D eigenvalue weighted by molar-refractivity contribution is -0.137. The maximum Gasteiger partial charge on any atom is 0.417 e. The first-order valence-corrected chi connectivity index (χ1v) is 11.4. The zero-order valence-corrected chi connectivity index (χ0v) is 18.6. The summed E-state index contributed by atoms with van der Waals surface area (Å²) in [7, 11) is -4.05. The Morgan fingerprint density at radius 3 is 2.32 bits per heavy atom. The summed E-state index contributed by atoms with van der Waals surface area (Å²) in [5, 5.41) is 2.07. The average molecular weight is 479 g/mol. The second-order valence-electron chi connectivity index (χ2n) is 6.72. The summed E-state index contributed by atoms with van der Waals surface area (Å²) in [5.74, 6) is -0.0217. The van der Waals surface area contributed by atoms with E-state index in [2.05, 4.69) is 5.32 Å². The number of hydrogen-bond donors (Lipinski definition) is 1. The van der Waals surface area contributed by atoms with E-state index >= 15 is 0 Å². The topological polar surface area (TPSA) is 75.7 Å². The molecule has 170 valence electrons. The minimum atomic E-state index is -4.78. The van der Waals surface area contributed by atoms with Crippen LogP contribution in [0.2, 0.25) is 5.02 Å². The van der Waals surface area contributed by atoms with E-state index in [1.165, 1.54) is 0 Å². The highest BCUT2D eigenvalue weighted by molar-refractivity contribution is 7.92. The van der Waals surface area contributed by atoms with Gasteiger partial charge in [-0.3, -0.25) is 9.10 Å². The maximum absolute atomic E-state index is 13.1. The molecule has 6 nitrogen and oxygen atoms in total. The molecule has 2 rings (SSSR count). The number of nitrogens with one attached hydrogen (secondary N) is 1. The maximum atomic E-state index is 13.1. The second kappa shape index (κ2) is 9.78. The van der Waals surface area contributed by atoms with Crippen molar-refractivity contribution in [2.75, 3.05) is 23.7 Å². The number of anilines is 1. The Balaban J connectivity index is 2.21. The Hall–Kier alpha value is -2.46. The van der Waals surface area contributed by atoms with E-state index in [1.54, 1.807) is 31.2 Å². The van der Waals surface area contributed by atoms with E-state index in [-0.39, 0.29) is 5.69 Å². The molecule has 0 saturated heterocycles. The molecule has 0 aliphatic carbocycles. The van der Waals surface area contributed by atoms with Gasteiger partial charge in [-0.1, -0.05) is 23.7 Å². The molecular weight excluding hydrogens is 457 g/mol. The van der Waals surface area contributed by atoms with Crippen molar-refractivity contribution in [1.29, 1.82) is 0 Å². The molecule has 2 aromatic rings. The van der Waals surface area contributed by atoms with Crippen molar-refractivity contribution in [3.63, 3.8) is 0 Å². The van der Waals surface area contributed by atoms with Crippen LogP contribution in [0.3, 0.4) is 0 Å². The van der Waals surface area contributed by atoms with Gasteiger partial charge in [-0.05, 0) is 49.7 Å². The van der Waals surface area contributed by atoms with Crippen molar-refractivity contribution >= 4 is 33.2 Å². The number of ether oxygens (including phenoxy) is 1. The van der Waals surface area contributed by atoms with Crippen LogP contribution in [0.15, 0.2) is 42.5 Å². The minimum absolute atomic E-state index is 0.317. The van der Waals surface area contributed by atoms with Crippen LogP contribution in [-0.4, -0.2) is 33.7 Å². The number of benzene rings is 2. The zero-order chi connectivity index (χ0) is 23.4. The van der Waals surface area contributed by atoms with E-state index in [9.17, 15) is 26.4 Å². The van der Waals surface area contributed by atoms with Gasteiger partial charge in [0.1, 0.15) is 12.3 Å². The number of amides is 1. The van der Waals surface area contributed by atoms with Gasteiger partial charge < -0.3 is 10.1 Å². The largest absolute Gasteiger partial charge is 0.494 e. The molecule has 0 aliphatic heterocycles. The summed E-state index contributed by atoms with van der Waals surface area (Å²) in [6.45, 7) is 3.36. The van der Waals surface area contributed by atoms with E-state index in [1.807, 2.05) is 6.92 Å². The van der Waals surface area contributed by atoms with E-state index < -0.39 is 45.3 Å². The minimum Gasteiger partial charge on any atom is -0.494 e. The fraction of sp³-hybridized carbons (Fsp3) is 0.350. The number of hydrogen-bond acceptors (Lipinski definition) is 4. The van der Waals surface area contributed by atoms with Gasteiger partial charge >= 0.3 is 6.18 Å². The average Bonchev–Trinajstić information content (AvgIpc) is 2.66. The van der Waals surface area contributed by atoms with Crippen LogP contribution >= 0.6 is 11.6 Å². The van der Waals surface area contributed by atoms with Crippen molar-refractivity contribution in [3.8, 4) is 5.75 Å². The highest BCUT2D eigenvalue weighted by Gasteiger charge is 2.34. The van der Waals surface area contributed by atoms with Crippen LogP contribution in [0, 0.1) is 0 Å². The molecular formula is C20H22ClF3N2O4S. The molecule has 0 spiro atoms. The van der Waals surface area contributed by atoms with Crippen LogP contribution in [0.4, 0.5) is 18.9 Å². The molecule has 1 atom stereocenters. The summed E-state index contributed by atoms with van der Waals surface area (Å²) in [6.07, 6.45) is -3.97. The lowest BCUT2D eigenvalue weighted by Crippen LogP contribution is -2.41. The first-order chi connectivity index (χ1) is 14.3. The SMILES string of the molecule is CCOc1ccc(C(C)NC(=O)CN(c2ccc(Cl)c(C(F)(F)F)c2)S(C)(=O)=O)cc1. The lowest BCUT2D eigenvalue weighted by Gasteiger charge is -2.24. The van der Waals surface area contributed by atoms with Crippen LogP contribution in [-0.2, 0) is 21.0 Å². The number of carbonyl (C=O) groups is 1. The van der Waals surface area contributed by atoms with Crippen molar-refractivity contribution in [1.82, 2.24) is 5.32 Å². The van der Waals surface area contributed by atoms with E-state index in [0.717, 1.165) is 24.0 Å². The summed E-state index contributed by atoms with van der Waals surface area (Å²) in [6, 6.07) is 9.15. The molecule has 0 radical (unpaired) electrons. The smallest absolute Gasteiger partial charge is 0.417 e. The monoisotopic (exact) mass is 478 g/mol. The summed E-state index contributed by atoms with van der Waals surface area (Å²) >= 11 is 5.60.